The van der Waals surface area contributed by atoms with E-state index in [-0.39, 0.29) is 6.04 Å². The summed E-state index contributed by atoms with van der Waals surface area (Å²) in [4.78, 5) is 2.31. The van der Waals surface area contributed by atoms with E-state index in [0.717, 1.165) is 32.5 Å². The number of rotatable bonds is 5. The van der Waals surface area contributed by atoms with Crippen molar-refractivity contribution in [1.29, 1.82) is 0 Å². The summed E-state index contributed by atoms with van der Waals surface area (Å²) >= 11 is 0. The van der Waals surface area contributed by atoms with E-state index in [4.69, 9.17) is 4.74 Å². The summed E-state index contributed by atoms with van der Waals surface area (Å²) in [6.07, 6.45) is 2.16. The summed E-state index contributed by atoms with van der Waals surface area (Å²) in [6.45, 7) is 4.75. The van der Waals surface area contributed by atoms with Gasteiger partial charge in [0.25, 0.3) is 0 Å². The average Bonchev–Trinajstić information content (AvgIpc) is 2.85. The van der Waals surface area contributed by atoms with E-state index in [1.165, 1.54) is 0 Å². The molecule has 0 aliphatic carbocycles. The van der Waals surface area contributed by atoms with Crippen molar-refractivity contribution >= 4 is 9.84 Å². The monoisotopic (exact) mass is 276 g/mol. The minimum atomic E-state index is -2.77. The molecule has 1 N–H and O–H groups in total. The van der Waals surface area contributed by atoms with Crippen LogP contribution >= 0.6 is 0 Å². The molecule has 0 spiro atoms. The number of likely N-dealkylation sites (N-methyl/N-ethyl adjacent to an activating group) is 1. The highest BCUT2D eigenvalue weighted by Gasteiger charge is 2.29. The van der Waals surface area contributed by atoms with Crippen LogP contribution in [-0.4, -0.2) is 69.8 Å². The van der Waals surface area contributed by atoms with Crippen molar-refractivity contribution in [2.24, 2.45) is 0 Å². The number of nitrogens with zero attached hydrogens (tertiary/aromatic N) is 1. The number of ether oxygens (including phenoxy) is 1. The highest BCUT2D eigenvalue weighted by Crippen LogP contribution is 2.17. The summed E-state index contributed by atoms with van der Waals surface area (Å²) in [5.41, 5.74) is 0. The molecule has 2 rings (SSSR count). The van der Waals surface area contributed by atoms with Gasteiger partial charge in [0.15, 0.2) is 9.84 Å². The first-order valence-electron chi connectivity index (χ1n) is 6.73. The van der Waals surface area contributed by atoms with Gasteiger partial charge < -0.3 is 10.1 Å². The predicted octanol–water partition coefficient (Wildman–Crippen LogP) is -0.128. The topological polar surface area (TPSA) is 58.6 Å². The maximum atomic E-state index is 11.3. The van der Waals surface area contributed by atoms with Crippen molar-refractivity contribution in [2.45, 2.75) is 38.0 Å². The minimum absolute atomic E-state index is 0.153. The molecule has 2 aliphatic heterocycles. The fourth-order valence-corrected chi connectivity index (χ4v) is 4.57. The zero-order chi connectivity index (χ0) is 13.2. The number of hydrogen-bond acceptors (Lipinski definition) is 5. The lowest BCUT2D eigenvalue weighted by Gasteiger charge is -2.27. The molecule has 0 aromatic rings. The molecule has 0 amide bonds. The molecule has 0 aromatic carbocycles. The van der Waals surface area contributed by atoms with Crippen LogP contribution in [0.1, 0.15) is 19.8 Å². The van der Waals surface area contributed by atoms with Crippen LogP contribution in [0.25, 0.3) is 0 Å². The zero-order valence-corrected chi connectivity index (χ0v) is 12.1. The zero-order valence-electron chi connectivity index (χ0n) is 11.3. The van der Waals surface area contributed by atoms with E-state index in [2.05, 4.69) is 24.2 Å². The fraction of sp³-hybridized carbons (Fsp3) is 1.00. The van der Waals surface area contributed by atoms with Gasteiger partial charge in [-0.1, -0.05) is 0 Å². The Kier molecular flexibility index (Phi) is 4.64. The standard InChI is InChI=1S/C12H24N2O3S/c1-10-12(3-7-17-10)14(2)6-5-13-11-4-8-18(15,16)9-11/h10-13H,3-9H2,1-2H3. The lowest BCUT2D eigenvalue weighted by Crippen LogP contribution is -2.42. The second kappa shape index (κ2) is 5.86. The fourth-order valence-electron chi connectivity index (χ4n) is 2.87. The van der Waals surface area contributed by atoms with Crippen molar-refractivity contribution in [3.63, 3.8) is 0 Å². The van der Waals surface area contributed by atoms with Gasteiger partial charge in [-0.25, -0.2) is 8.42 Å². The van der Waals surface area contributed by atoms with Gasteiger partial charge in [-0.15, -0.1) is 0 Å². The van der Waals surface area contributed by atoms with Gasteiger partial charge in [0.1, 0.15) is 0 Å². The molecule has 0 saturated carbocycles. The number of nitrogens with one attached hydrogen (secondary N) is 1. The van der Waals surface area contributed by atoms with Gasteiger partial charge in [0, 0.05) is 31.8 Å². The van der Waals surface area contributed by atoms with Crippen molar-refractivity contribution < 1.29 is 13.2 Å². The first-order chi connectivity index (χ1) is 8.48. The molecule has 5 nitrogen and oxygen atoms in total. The van der Waals surface area contributed by atoms with E-state index in [1.54, 1.807) is 0 Å². The van der Waals surface area contributed by atoms with Crippen molar-refractivity contribution in [3.8, 4) is 0 Å². The third-order valence-electron chi connectivity index (χ3n) is 4.03. The molecule has 2 aliphatic rings. The molecular formula is C12H24N2O3S. The van der Waals surface area contributed by atoms with Crippen molar-refractivity contribution in [2.75, 3.05) is 38.2 Å². The van der Waals surface area contributed by atoms with E-state index in [1.807, 2.05) is 0 Å². The summed E-state index contributed by atoms with van der Waals surface area (Å²) < 4.78 is 28.2. The van der Waals surface area contributed by atoms with Gasteiger partial charge in [0.05, 0.1) is 17.6 Å². The highest BCUT2D eigenvalue weighted by atomic mass is 32.2. The Morgan fingerprint density at radius 1 is 1.39 bits per heavy atom. The Morgan fingerprint density at radius 3 is 2.72 bits per heavy atom. The van der Waals surface area contributed by atoms with E-state index in [9.17, 15) is 8.42 Å². The van der Waals surface area contributed by atoms with Crippen LogP contribution in [0.4, 0.5) is 0 Å². The summed E-state index contributed by atoms with van der Waals surface area (Å²) in [7, 11) is -0.653. The van der Waals surface area contributed by atoms with Crippen LogP contribution in [0.5, 0.6) is 0 Å². The molecular weight excluding hydrogens is 252 g/mol. The Balaban J connectivity index is 1.66. The third-order valence-corrected chi connectivity index (χ3v) is 5.80. The Morgan fingerprint density at radius 2 is 2.17 bits per heavy atom. The minimum Gasteiger partial charge on any atom is -0.377 e. The van der Waals surface area contributed by atoms with E-state index >= 15 is 0 Å². The second-order valence-electron chi connectivity index (χ2n) is 5.47. The highest BCUT2D eigenvalue weighted by molar-refractivity contribution is 7.91. The third kappa shape index (κ3) is 3.66. The van der Waals surface area contributed by atoms with Crippen LogP contribution in [0.15, 0.2) is 0 Å². The van der Waals surface area contributed by atoms with Crippen LogP contribution in [0.2, 0.25) is 0 Å². The summed E-state index contributed by atoms with van der Waals surface area (Å²) in [5, 5.41) is 3.34. The molecule has 6 heteroatoms. The van der Waals surface area contributed by atoms with Gasteiger partial charge >= 0.3 is 0 Å². The Hall–Kier alpha value is -0.170. The summed E-state index contributed by atoms with van der Waals surface area (Å²) in [6, 6.07) is 0.653. The van der Waals surface area contributed by atoms with Gasteiger partial charge in [-0.3, -0.25) is 4.90 Å². The molecule has 2 fully saturated rings. The first kappa shape index (κ1) is 14.2. The van der Waals surface area contributed by atoms with E-state index in [0.29, 0.717) is 23.7 Å². The molecule has 3 unspecified atom stereocenters. The maximum absolute atomic E-state index is 11.3. The lowest BCUT2D eigenvalue weighted by atomic mass is 10.1. The molecule has 2 heterocycles. The Bertz CT molecular complexity index is 372. The molecule has 2 saturated heterocycles. The Labute approximate surface area is 110 Å². The molecule has 106 valence electrons. The number of hydrogen-bond donors (Lipinski definition) is 1. The smallest absolute Gasteiger partial charge is 0.151 e. The molecule has 0 aromatic heterocycles. The predicted molar refractivity (Wildman–Crippen MR) is 71.5 cm³/mol. The van der Waals surface area contributed by atoms with Gasteiger partial charge in [0.2, 0.25) is 0 Å². The number of sulfone groups is 1. The van der Waals surface area contributed by atoms with Gasteiger partial charge in [-0.05, 0) is 26.8 Å². The molecule has 0 bridgehead atoms. The SMILES string of the molecule is CC1OCCC1N(C)CCNC1CCS(=O)(=O)C1. The van der Waals surface area contributed by atoms with Crippen LogP contribution < -0.4 is 5.32 Å². The van der Waals surface area contributed by atoms with Crippen LogP contribution in [-0.2, 0) is 14.6 Å². The van der Waals surface area contributed by atoms with E-state index < -0.39 is 9.84 Å². The summed E-state index contributed by atoms with van der Waals surface area (Å²) in [5.74, 6) is 0.646. The largest absolute Gasteiger partial charge is 0.377 e. The quantitative estimate of drug-likeness (QED) is 0.758. The normalized spacial score (nSPS) is 35.4. The first-order valence-corrected chi connectivity index (χ1v) is 8.56. The average molecular weight is 276 g/mol. The molecule has 0 radical (unpaired) electrons. The van der Waals surface area contributed by atoms with Crippen LogP contribution in [0.3, 0.4) is 0 Å². The van der Waals surface area contributed by atoms with Crippen LogP contribution in [0, 0.1) is 0 Å². The molecule has 3 atom stereocenters. The lowest BCUT2D eigenvalue weighted by molar-refractivity contribution is 0.0838. The van der Waals surface area contributed by atoms with Crippen molar-refractivity contribution in [3.05, 3.63) is 0 Å². The maximum Gasteiger partial charge on any atom is 0.151 e. The van der Waals surface area contributed by atoms with Gasteiger partial charge in [-0.2, -0.15) is 0 Å². The molecule has 18 heavy (non-hydrogen) atoms. The van der Waals surface area contributed by atoms with Crippen molar-refractivity contribution in [1.82, 2.24) is 10.2 Å². The second-order valence-corrected chi connectivity index (χ2v) is 7.70.